The zero-order chi connectivity index (χ0) is 18.8. The Bertz CT molecular complexity index is 764. The first-order chi connectivity index (χ1) is 13.1. The average Bonchev–Trinajstić information content (AvgIpc) is 3.39. The van der Waals surface area contributed by atoms with Crippen LogP contribution in [0.15, 0.2) is 23.4 Å². The summed E-state index contributed by atoms with van der Waals surface area (Å²) in [4.78, 5) is 21.2. The van der Waals surface area contributed by atoms with E-state index in [-0.39, 0.29) is 0 Å². The summed E-state index contributed by atoms with van der Waals surface area (Å²) in [7, 11) is 0. The van der Waals surface area contributed by atoms with Gasteiger partial charge in [0.15, 0.2) is 0 Å². The van der Waals surface area contributed by atoms with Crippen molar-refractivity contribution in [1.82, 2.24) is 4.90 Å². The fourth-order valence-corrected chi connectivity index (χ4v) is 4.13. The molecular formula is C20H27N5O2. The molecule has 1 atom stereocenters. The molecule has 1 aromatic rings. The highest BCUT2D eigenvalue weighted by Crippen LogP contribution is 2.30. The zero-order valence-electron chi connectivity index (χ0n) is 15.6. The molecule has 2 saturated heterocycles. The van der Waals surface area contributed by atoms with Gasteiger partial charge in [-0.1, -0.05) is 17.3 Å². The van der Waals surface area contributed by atoms with Crippen LogP contribution in [-0.4, -0.2) is 54.6 Å². The lowest BCUT2D eigenvalue weighted by molar-refractivity contribution is -0.127. The Balaban J connectivity index is 1.63. The number of nitrogens with zero attached hydrogens (tertiary/aromatic N) is 3. The number of amidine groups is 1. The quantitative estimate of drug-likeness (QED) is 0.627. The van der Waals surface area contributed by atoms with Gasteiger partial charge in [-0.3, -0.25) is 10.2 Å². The molecule has 3 N–H and O–H groups in total. The van der Waals surface area contributed by atoms with Gasteiger partial charge in [0.2, 0.25) is 6.10 Å². The van der Waals surface area contributed by atoms with Crippen molar-refractivity contribution < 1.29 is 9.63 Å². The second-order valence-corrected chi connectivity index (χ2v) is 7.56. The van der Waals surface area contributed by atoms with Crippen molar-refractivity contribution in [3.05, 3.63) is 29.3 Å². The smallest absolute Gasteiger partial charge is 0.261 e. The Hall–Kier alpha value is -2.57. The first-order valence-electron chi connectivity index (χ1n) is 9.89. The molecule has 7 nitrogen and oxygen atoms in total. The molecule has 1 aromatic carbocycles. The van der Waals surface area contributed by atoms with Crippen LogP contribution < -0.4 is 10.6 Å². The number of primary amides is 1. The largest absolute Gasteiger partial charge is 0.382 e. The molecule has 4 rings (SSSR count). The molecule has 27 heavy (non-hydrogen) atoms. The van der Waals surface area contributed by atoms with Crippen LogP contribution in [0.5, 0.6) is 0 Å². The Morgan fingerprint density at radius 1 is 1.11 bits per heavy atom. The van der Waals surface area contributed by atoms with Gasteiger partial charge in [-0.25, -0.2) is 0 Å². The second kappa shape index (κ2) is 7.58. The van der Waals surface area contributed by atoms with Crippen molar-refractivity contribution in [2.75, 3.05) is 31.1 Å². The van der Waals surface area contributed by atoms with E-state index in [1.807, 2.05) is 12.1 Å². The molecule has 0 aliphatic carbocycles. The van der Waals surface area contributed by atoms with Crippen LogP contribution in [0.2, 0.25) is 0 Å². The highest BCUT2D eigenvalue weighted by molar-refractivity contribution is 6.09. The number of rotatable bonds is 4. The van der Waals surface area contributed by atoms with Crippen LogP contribution in [-0.2, 0) is 9.63 Å². The summed E-state index contributed by atoms with van der Waals surface area (Å²) >= 11 is 0. The predicted octanol–water partition coefficient (Wildman–Crippen LogP) is 2.08. The maximum atomic E-state index is 11.4. The average molecular weight is 369 g/mol. The van der Waals surface area contributed by atoms with E-state index in [9.17, 15) is 4.79 Å². The van der Waals surface area contributed by atoms with E-state index < -0.39 is 12.0 Å². The number of amides is 1. The van der Waals surface area contributed by atoms with E-state index in [1.54, 1.807) is 0 Å². The fourth-order valence-electron chi connectivity index (χ4n) is 4.13. The summed E-state index contributed by atoms with van der Waals surface area (Å²) in [5.74, 6) is 0.112. The molecule has 3 aliphatic rings. The highest BCUT2D eigenvalue weighted by Gasteiger charge is 2.30. The standard InChI is InChI=1S/C20H27N5O2/c21-19(25-10-2-1-3-11-25)14-6-7-15(16-13-18(20(22)26)27-23-16)17(12-14)24-8-4-5-9-24/h6-7,12,18,21H,1-5,8-11,13H2,(H2,22,26). The van der Waals surface area contributed by atoms with Gasteiger partial charge in [0.1, 0.15) is 5.84 Å². The van der Waals surface area contributed by atoms with Crippen molar-refractivity contribution in [1.29, 1.82) is 5.41 Å². The molecular weight excluding hydrogens is 342 g/mol. The van der Waals surface area contributed by atoms with Gasteiger partial charge < -0.3 is 20.4 Å². The minimum atomic E-state index is -0.683. The Labute approximate surface area is 159 Å². The summed E-state index contributed by atoms with van der Waals surface area (Å²) in [6.45, 7) is 3.92. The number of hydrogen-bond donors (Lipinski definition) is 2. The van der Waals surface area contributed by atoms with Crippen LogP contribution >= 0.6 is 0 Å². The topological polar surface area (TPSA) is 95.0 Å². The van der Waals surface area contributed by atoms with Crippen LogP contribution in [0.4, 0.5) is 5.69 Å². The van der Waals surface area contributed by atoms with E-state index in [1.165, 1.54) is 19.3 Å². The number of nitrogens with one attached hydrogen (secondary N) is 1. The predicted molar refractivity (Wildman–Crippen MR) is 105 cm³/mol. The summed E-state index contributed by atoms with van der Waals surface area (Å²) in [5.41, 5.74) is 9.13. The SMILES string of the molecule is N=C(c1ccc(C2=NOC(C(N)=O)C2)c(N2CCCC2)c1)N1CCCCC1. The molecule has 3 heterocycles. The van der Waals surface area contributed by atoms with Crippen LogP contribution in [0, 0.1) is 5.41 Å². The summed E-state index contributed by atoms with van der Waals surface area (Å²) in [6.07, 6.45) is 5.62. The molecule has 2 fully saturated rings. The van der Waals surface area contributed by atoms with Crippen molar-refractivity contribution in [3.8, 4) is 0 Å². The molecule has 7 heteroatoms. The van der Waals surface area contributed by atoms with E-state index in [2.05, 4.69) is 21.0 Å². The minimum absolute atomic E-state index is 0.402. The molecule has 1 unspecified atom stereocenters. The van der Waals surface area contributed by atoms with Crippen molar-refractivity contribution >= 4 is 23.1 Å². The first-order valence-corrected chi connectivity index (χ1v) is 9.89. The van der Waals surface area contributed by atoms with Gasteiger partial charge >= 0.3 is 0 Å². The maximum Gasteiger partial charge on any atom is 0.261 e. The van der Waals surface area contributed by atoms with Crippen LogP contribution in [0.1, 0.15) is 49.7 Å². The third-order valence-corrected chi connectivity index (χ3v) is 5.69. The summed E-state index contributed by atoms with van der Waals surface area (Å²) in [5, 5.41) is 12.8. The third-order valence-electron chi connectivity index (χ3n) is 5.69. The number of hydrogen-bond acceptors (Lipinski definition) is 5. The van der Waals surface area contributed by atoms with Gasteiger partial charge in [0.25, 0.3) is 5.91 Å². The fraction of sp³-hybridized carbons (Fsp3) is 0.550. The lowest BCUT2D eigenvalue weighted by atomic mass is 9.99. The van der Waals surface area contributed by atoms with Gasteiger partial charge in [-0.15, -0.1) is 0 Å². The lowest BCUT2D eigenvalue weighted by Crippen LogP contribution is -2.35. The molecule has 0 aromatic heterocycles. The van der Waals surface area contributed by atoms with Gasteiger partial charge in [-0.05, 0) is 38.2 Å². The molecule has 0 spiro atoms. The first kappa shape index (κ1) is 17.8. The molecule has 144 valence electrons. The number of oxime groups is 1. The Morgan fingerprint density at radius 2 is 1.81 bits per heavy atom. The lowest BCUT2D eigenvalue weighted by Gasteiger charge is -2.30. The van der Waals surface area contributed by atoms with Gasteiger partial charge in [-0.2, -0.15) is 0 Å². The molecule has 0 radical (unpaired) electrons. The summed E-state index contributed by atoms with van der Waals surface area (Å²) in [6, 6.07) is 6.12. The van der Waals surface area contributed by atoms with Gasteiger partial charge in [0.05, 0.1) is 5.71 Å². The number of anilines is 1. The van der Waals surface area contributed by atoms with E-state index in [0.717, 1.165) is 61.5 Å². The molecule has 0 bridgehead atoms. The molecule has 3 aliphatic heterocycles. The Kier molecular flexibility index (Phi) is 5.01. The summed E-state index contributed by atoms with van der Waals surface area (Å²) < 4.78 is 0. The minimum Gasteiger partial charge on any atom is -0.382 e. The van der Waals surface area contributed by atoms with Crippen molar-refractivity contribution in [2.45, 2.75) is 44.6 Å². The highest BCUT2D eigenvalue weighted by atomic mass is 16.6. The maximum absolute atomic E-state index is 11.4. The van der Waals surface area contributed by atoms with E-state index in [0.29, 0.717) is 12.3 Å². The number of nitrogens with two attached hydrogens (primary N) is 1. The van der Waals surface area contributed by atoms with Crippen LogP contribution in [0.25, 0.3) is 0 Å². The number of carbonyl (C=O) groups excluding carboxylic acids is 1. The molecule has 1 amide bonds. The normalized spacial score (nSPS) is 22.5. The number of carbonyl (C=O) groups is 1. The Morgan fingerprint density at radius 3 is 2.48 bits per heavy atom. The van der Waals surface area contributed by atoms with Gasteiger partial charge in [0, 0.05) is 49.4 Å². The van der Waals surface area contributed by atoms with Crippen molar-refractivity contribution in [3.63, 3.8) is 0 Å². The number of likely N-dealkylation sites (tertiary alicyclic amines) is 1. The number of benzene rings is 1. The van der Waals surface area contributed by atoms with E-state index >= 15 is 0 Å². The second-order valence-electron chi connectivity index (χ2n) is 7.56. The molecule has 0 saturated carbocycles. The van der Waals surface area contributed by atoms with Crippen LogP contribution in [0.3, 0.4) is 0 Å². The zero-order valence-corrected chi connectivity index (χ0v) is 15.6. The number of piperidine rings is 1. The van der Waals surface area contributed by atoms with E-state index in [4.69, 9.17) is 16.0 Å². The third kappa shape index (κ3) is 3.63. The monoisotopic (exact) mass is 369 g/mol. The van der Waals surface area contributed by atoms with Crippen molar-refractivity contribution in [2.24, 2.45) is 10.9 Å².